The van der Waals surface area contributed by atoms with Crippen molar-refractivity contribution in [3.63, 3.8) is 0 Å². The molecular formula is C21H19ClF3N3O. The Hall–Kier alpha value is -2.54. The first kappa shape index (κ1) is 19.8. The number of nitrogens with zero attached hydrogens (tertiary/aromatic N) is 2. The van der Waals surface area contributed by atoms with E-state index in [1.807, 2.05) is 0 Å². The molecule has 1 fully saturated rings. The molecule has 2 aromatic heterocycles. The second kappa shape index (κ2) is 7.71. The Morgan fingerprint density at radius 3 is 2.66 bits per heavy atom. The molecule has 2 heterocycles. The van der Waals surface area contributed by atoms with Crippen LogP contribution in [0.3, 0.4) is 0 Å². The van der Waals surface area contributed by atoms with Crippen molar-refractivity contribution in [2.75, 3.05) is 5.32 Å². The number of anilines is 1. The maximum absolute atomic E-state index is 13.2. The predicted molar refractivity (Wildman–Crippen MR) is 106 cm³/mol. The van der Waals surface area contributed by atoms with Gasteiger partial charge < -0.3 is 5.32 Å². The average molecular weight is 422 g/mol. The van der Waals surface area contributed by atoms with Crippen LogP contribution in [0.1, 0.15) is 37.7 Å². The molecule has 0 atom stereocenters. The van der Waals surface area contributed by atoms with Crippen molar-refractivity contribution in [1.82, 2.24) is 9.38 Å². The van der Waals surface area contributed by atoms with Gasteiger partial charge in [0.1, 0.15) is 5.82 Å². The maximum Gasteiger partial charge on any atom is 0.417 e. The summed E-state index contributed by atoms with van der Waals surface area (Å²) in [4.78, 5) is 16.8. The molecule has 152 valence electrons. The Balaban J connectivity index is 1.67. The second-order valence-electron chi connectivity index (χ2n) is 7.32. The van der Waals surface area contributed by atoms with Crippen LogP contribution in [0.25, 0.3) is 16.9 Å². The molecule has 4 rings (SSSR count). The first-order chi connectivity index (χ1) is 13.8. The number of carbonyl (C=O) groups is 1. The number of hydrogen-bond donors (Lipinski definition) is 1. The molecule has 1 N–H and O–H groups in total. The highest BCUT2D eigenvalue weighted by Crippen LogP contribution is 2.34. The van der Waals surface area contributed by atoms with Crippen LogP contribution in [0.2, 0.25) is 5.02 Å². The molecule has 0 radical (unpaired) electrons. The third kappa shape index (κ3) is 4.10. The van der Waals surface area contributed by atoms with E-state index in [0.29, 0.717) is 22.6 Å². The molecule has 0 spiro atoms. The Morgan fingerprint density at radius 1 is 1.17 bits per heavy atom. The van der Waals surface area contributed by atoms with Crippen LogP contribution >= 0.6 is 11.6 Å². The van der Waals surface area contributed by atoms with Gasteiger partial charge in [0, 0.05) is 23.4 Å². The van der Waals surface area contributed by atoms with Gasteiger partial charge in [0.25, 0.3) is 0 Å². The fraction of sp³-hybridized carbons (Fsp3) is 0.333. The smallest absolute Gasteiger partial charge is 0.326 e. The number of fused-ring (bicyclic) bond motifs is 1. The third-order valence-electron chi connectivity index (χ3n) is 5.28. The number of nitrogens with one attached hydrogen (secondary N) is 1. The fourth-order valence-electron chi connectivity index (χ4n) is 3.77. The van der Waals surface area contributed by atoms with Crippen LogP contribution in [0.4, 0.5) is 18.9 Å². The van der Waals surface area contributed by atoms with E-state index >= 15 is 0 Å². The van der Waals surface area contributed by atoms with Gasteiger partial charge in [-0.15, -0.1) is 0 Å². The lowest BCUT2D eigenvalue weighted by molar-refractivity contribution is -0.137. The predicted octanol–water partition coefficient (Wildman–Crippen LogP) is 6.19. The summed E-state index contributed by atoms with van der Waals surface area (Å²) in [5.74, 6) is 0.312. The molecule has 1 aromatic carbocycles. The topological polar surface area (TPSA) is 46.4 Å². The monoisotopic (exact) mass is 421 g/mol. The molecule has 0 aliphatic heterocycles. The maximum atomic E-state index is 13.2. The Labute approximate surface area is 170 Å². The van der Waals surface area contributed by atoms with E-state index in [1.54, 1.807) is 24.3 Å². The van der Waals surface area contributed by atoms with Gasteiger partial charge in [-0.25, -0.2) is 4.98 Å². The summed E-state index contributed by atoms with van der Waals surface area (Å²) in [6, 6.07) is 7.84. The summed E-state index contributed by atoms with van der Waals surface area (Å²) in [7, 11) is 0. The number of imidazole rings is 1. The molecule has 1 aliphatic rings. The Bertz CT molecular complexity index is 1050. The number of rotatable bonds is 3. The molecule has 29 heavy (non-hydrogen) atoms. The van der Waals surface area contributed by atoms with Gasteiger partial charge in [0.05, 0.1) is 22.3 Å². The van der Waals surface area contributed by atoms with Gasteiger partial charge in [0.15, 0.2) is 0 Å². The largest absolute Gasteiger partial charge is 0.417 e. The molecule has 1 aliphatic carbocycles. The van der Waals surface area contributed by atoms with E-state index in [9.17, 15) is 18.0 Å². The zero-order valence-corrected chi connectivity index (χ0v) is 16.2. The van der Waals surface area contributed by atoms with E-state index in [1.165, 1.54) is 10.6 Å². The first-order valence-electron chi connectivity index (χ1n) is 9.48. The van der Waals surface area contributed by atoms with Gasteiger partial charge in [-0.2, -0.15) is 13.2 Å². The van der Waals surface area contributed by atoms with Gasteiger partial charge in [-0.05, 0) is 31.0 Å². The summed E-state index contributed by atoms with van der Waals surface area (Å²) in [6.07, 6.45) is 2.94. The fourth-order valence-corrected chi connectivity index (χ4v) is 4.03. The Morgan fingerprint density at radius 2 is 1.93 bits per heavy atom. The van der Waals surface area contributed by atoms with E-state index in [-0.39, 0.29) is 16.8 Å². The highest BCUT2D eigenvalue weighted by molar-refractivity contribution is 6.33. The summed E-state index contributed by atoms with van der Waals surface area (Å²) in [5, 5.41) is 2.90. The van der Waals surface area contributed by atoms with Crippen LogP contribution in [-0.2, 0) is 11.0 Å². The van der Waals surface area contributed by atoms with Gasteiger partial charge in [-0.3, -0.25) is 9.20 Å². The molecule has 1 amide bonds. The van der Waals surface area contributed by atoms with E-state index in [4.69, 9.17) is 11.6 Å². The molecule has 0 unspecified atom stereocenters. The minimum atomic E-state index is -4.52. The number of amides is 1. The van der Waals surface area contributed by atoms with E-state index in [0.717, 1.165) is 44.4 Å². The number of halogens is 4. The summed E-state index contributed by atoms with van der Waals surface area (Å²) in [6.45, 7) is 0. The summed E-state index contributed by atoms with van der Waals surface area (Å²) >= 11 is 6.04. The highest BCUT2D eigenvalue weighted by atomic mass is 35.5. The van der Waals surface area contributed by atoms with Crippen LogP contribution < -0.4 is 5.32 Å². The number of benzene rings is 1. The highest BCUT2D eigenvalue weighted by Gasteiger charge is 2.32. The molecular weight excluding hydrogens is 403 g/mol. The van der Waals surface area contributed by atoms with Crippen LogP contribution in [-0.4, -0.2) is 15.3 Å². The normalized spacial score (nSPS) is 15.6. The first-order valence-corrected chi connectivity index (χ1v) is 9.86. The van der Waals surface area contributed by atoms with Crippen LogP contribution in [0.5, 0.6) is 0 Å². The molecule has 0 bridgehead atoms. The number of alkyl halides is 3. The quantitative estimate of drug-likeness (QED) is 0.548. The second-order valence-corrected chi connectivity index (χ2v) is 7.72. The SMILES string of the molecule is O=C(Nc1cccc(-c2ncc3c(Cl)cc(C(F)(F)F)cn23)c1)C1CCCCC1. The molecule has 4 nitrogen and oxygen atoms in total. The van der Waals surface area contributed by atoms with Gasteiger partial charge >= 0.3 is 6.18 Å². The van der Waals surface area contributed by atoms with Crippen LogP contribution in [0, 0.1) is 5.92 Å². The number of carbonyl (C=O) groups excluding carboxylic acids is 1. The number of aromatic nitrogens is 2. The number of pyridine rings is 1. The van der Waals surface area contributed by atoms with Crippen LogP contribution in [0.15, 0.2) is 42.7 Å². The van der Waals surface area contributed by atoms with Crippen molar-refractivity contribution < 1.29 is 18.0 Å². The minimum absolute atomic E-state index is 0.00723. The van der Waals surface area contributed by atoms with Crippen molar-refractivity contribution in [3.05, 3.63) is 53.3 Å². The summed E-state index contributed by atoms with van der Waals surface area (Å²) < 4.78 is 40.9. The molecule has 8 heteroatoms. The Kier molecular flexibility index (Phi) is 5.25. The lowest BCUT2D eigenvalue weighted by atomic mass is 9.88. The van der Waals surface area contributed by atoms with E-state index in [2.05, 4.69) is 10.3 Å². The van der Waals surface area contributed by atoms with Crippen molar-refractivity contribution in [2.45, 2.75) is 38.3 Å². The van der Waals surface area contributed by atoms with Crippen molar-refractivity contribution in [3.8, 4) is 11.4 Å². The molecule has 0 saturated heterocycles. The lowest BCUT2D eigenvalue weighted by Crippen LogP contribution is -2.24. The molecule has 1 saturated carbocycles. The van der Waals surface area contributed by atoms with Crippen molar-refractivity contribution in [2.24, 2.45) is 5.92 Å². The zero-order valence-electron chi connectivity index (χ0n) is 15.5. The lowest BCUT2D eigenvalue weighted by Gasteiger charge is -2.20. The van der Waals surface area contributed by atoms with E-state index < -0.39 is 11.7 Å². The minimum Gasteiger partial charge on any atom is -0.326 e. The van der Waals surface area contributed by atoms with Crippen molar-refractivity contribution >= 4 is 28.7 Å². The van der Waals surface area contributed by atoms with Crippen molar-refractivity contribution in [1.29, 1.82) is 0 Å². The molecule has 3 aromatic rings. The average Bonchev–Trinajstić information content (AvgIpc) is 3.13. The number of hydrogen-bond acceptors (Lipinski definition) is 2. The van der Waals surface area contributed by atoms with Gasteiger partial charge in [0.2, 0.25) is 5.91 Å². The zero-order chi connectivity index (χ0) is 20.6. The van der Waals surface area contributed by atoms with Gasteiger partial charge in [-0.1, -0.05) is 43.0 Å². The third-order valence-corrected chi connectivity index (χ3v) is 5.59. The standard InChI is InChI=1S/C21H19ClF3N3O/c22-17-10-15(21(23,24)25)12-28-18(17)11-26-19(28)14-7-4-8-16(9-14)27-20(29)13-5-2-1-3-6-13/h4,7-13H,1-3,5-6H2,(H,27,29). The summed E-state index contributed by atoms with van der Waals surface area (Å²) in [5.41, 5.74) is 0.706.